The summed E-state index contributed by atoms with van der Waals surface area (Å²) in [4.78, 5) is 4.32. The van der Waals surface area contributed by atoms with Gasteiger partial charge in [-0.2, -0.15) is 10.1 Å². The van der Waals surface area contributed by atoms with Crippen molar-refractivity contribution in [1.29, 1.82) is 0 Å². The number of aromatic nitrogens is 4. The van der Waals surface area contributed by atoms with Gasteiger partial charge in [-0.1, -0.05) is 5.16 Å². The first-order valence-electron chi connectivity index (χ1n) is 5.00. The molecule has 0 saturated carbocycles. The van der Waals surface area contributed by atoms with Crippen molar-refractivity contribution in [1.82, 2.24) is 25.7 Å². The predicted octanol–water partition coefficient (Wildman–Crippen LogP) is 0.884. The highest BCUT2D eigenvalue weighted by Gasteiger charge is 2.22. The number of nitrogens with one attached hydrogen (secondary N) is 2. The Balaban J connectivity index is 1.87. The van der Waals surface area contributed by atoms with Gasteiger partial charge in [-0.25, -0.2) is 0 Å². The predicted molar refractivity (Wildman–Crippen MR) is 51.9 cm³/mol. The monoisotopic (exact) mass is 205 g/mol. The molecule has 0 amide bonds. The van der Waals surface area contributed by atoms with Crippen LogP contribution < -0.4 is 5.32 Å². The molecule has 1 aliphatic rings. The van der Waals surface area contributed by atoms with Crippen LogP contribution in [0.4, 0.5) is 0 Å². The van der Waals surface area contributed by atoms with Gasteiger partial charge in [-0.15, -0.1) is 0 Å². The maximum Gasteiger partial charge on any atom is 0.275 e. The SMILES string of the molecule is c1cc(-c2nc(C3CCCN3)no2)[nH]n1. The number of hydrogen-bond acceptors (Lipinski definition) is 5. The number of rotatable bonds is 2. The van der Waals surface area contributed by atoms with Crippen molar-refractivity contribution in [2.45, 2.75) is 18.9 Å². The Morgan fingerprint density at radius 1 is 1.47 bits per heavy atom. The van der Waals surface area contributed by atoms with Gasteiger partial charge < -0.3 is 9.84 Å². The van der Waals surface area contributed by atoms with Crippen LogP contribution in [-0.2, 0) is 0 Å². The van der Waals surface area contributed by atoms with E-state index in [1.54, 1.807) is 12.3 Å². The Labute approximate surface area is 86.1 Å². The van der Waals surface area contributed by atoms with Crippen LogP contribution in [0.3, 0.4) is 0 Å². The first kappa shape index (κ1) is 8.60. The first-order chi connectivity index (χ1) is 7.43. The van der Waals surface area contributed by atoms with Gasteiger partial charge in [0, 0.05) is 6.20 Å². The molecule has 78 valence electrons. The summed E-state index contributed by atoms with van der Waals surface area (Å²) in [7, 11) is 0. The molecule has 2 aromatic heterocycles. The Morgan fingerprint density at radius 2 is 2.47 bits per heavy atom. The molecule has 1 fully saturated rings. The summed E-state index contributed by atoms with van der Waals surface area (Å²) in [5.74, 6) is 1.23. The molecule has 3 heterocycles. The van der Waals surface area contributed by atoms with Crippen LogP contribution in [0.1, 0.15) is 24.7 Å². The highest BCUT2D eigenvalue weighted by atomic mass is 16.5. The van der Waals surface area contributed by atoms with E-state index < -0.39 is 0 Å². The van der Waals surface area contributed by atoms with Crippen molar-refractivity contribution in [2.75, 3.05) is 6.54 Å². The fraction of sp³-hybridized carbons (Fsp3) is 0.444. The van der Waals surface area contributed by atoms with Gasteiger partial charge in [0.2, 0.25) is 0 Å². The lowest BCUT2D eigenvalue weighted by molar-refractivity contribution is 0.411. The zero-order chi connectivity index (χ0) is 10.1. The molecular weight excluding hydrogens is 194 g/mol. The van der Waals surface area contributed by atoms with Gasteiger partial charge >= 0.3 is 0 Å². The second-order valence-corrected chi connectivity index (χ2v) is 3.58. The third-order valence-electron chi connectivity index (χ3n) is 2.54. The van der Waals surface area contributed by atoms with Gasteiger partial charge in [0.25, 0.3) is 5.89 Å². The zero-order valence-corrected chi connectivity index (χ0v) is 8.10. The van der Waals surface area contributed by atoms with Crippen molar-refractivity contribution < 1.29 is 4.52 Å². The van der Waals surface area contributed by atoms with E-state index in [1.165, 1.54) is 6.42 Å². The molecule has 1 unspecified atom stereocenters. The molecule has 1 aliphatic heterocycles. The maximum absolute atomic E-state index is 5.15. The van der Waals surface area contributed by atoms with Crippen molar-refractivity contribution >= 4 is 0 Å². The number of aromatic amines is 1. The van der Waals surface area contributed by atoms with E-state index in [-0.39, 0.29) is 6.04 Å². The van der Waals surface area contributed by atoms with Gasteiger partial charge in [-0.3, -0.25) is 5.10 Å². The molecular formula is C9H11N5O. The number of H-pyrrole nitrogens is 1. The van der Waals surface area contributed by atoms with Gasteiger partial charge in [-0.05, 0) is 25.5 Å². The Kier molecular flexibility index (Phi) is 1.99. The minimum absolute atomic E-state index is 0.241. The number of nitrogens with zero attached hydrogens (tertiary/aromatic N) is 3. The lowest BCUT2D eigenvalue weighted by Crippen LogP contribution is -2.14. The molecule has 1 saturated heterocycles. The third-order valence-corrected chi connectivity index (χ3v) is 2.54. The first-order valence-corrected chi connectivity index (χ1v) is 5.00. The highest BCUT2D eigenvalue weighted by Crippen LogP contribution is 2.22. The third kappa shape index (κ3) is 1.52. The fourth-order valence-electron chi connectivity index (χ4n) is 1.77. The van der Waals surface area contributed by atoms with Crippen LogP contribution in [0, 0.1) is 0 Å². The molecule has 6 nitrogen and oxygen atoms in total. The molecule has 2 N–H and O–H groups in total. The summed E-state index contributed by atoms with van der Waals surface area (Å²) < 4.78 is 5.15. The molecule has 3 rings (SSSR count). The summed E-state index contributed by atoms with van der Waals surface area (Å²) in [6.45, 7) is 1.03. The highest BCUT2D eigenvalue weighted by molar-refractivity contribution is 5.44. The Hall–Kier alpha value is -1.69. The maximum atomic E-state index is 5.15. The smallest absolute Gasteiger partial charge is 0.275 e. The topological polar surface area (TPSA) is 79.6 Å². The molecule has 15 heavy (non-hydrogen) atoms. The van der Waals surface area contributed by atoms with E-state index in [9.17, 15) is 0 Å². The van der Waals surface area contributed by atoms with Crippen molar-refractivity contribution in [3.8, 4) is 11.6 Å². The zero-order valence-electron chi connectivity index (χ0n) is 8.10. The second kappa shape index (κ2) is 3.47. The lowest BCUT2D eigenvalue weighted by atomic mass is 10.2. The average Bonchev–Trinajstić information content (AvgIpc) is 3.02. The van der Waals surface area contributed by atoms with Crippen molar-refractivity contribution in [3.63, 3.8) is 0 Å². The fourth-order valence-corrected chi connectivity index (χ4v) is 1.77. The van der Waals surface area contributed by atoms with E-state index in [4.69, 9.17) is 4.52 Å². The standard InChI is InChI=1S/C9H11N5O/c1-2-6(10-4-1)8-12-9(15-14-8)7-3-5-11-13-7/h3,5-6,10H,1-2,4H2,(H,11,13). The largest absolute Gasteiger partial charge is 0.332 e. The quantitative estimate of drug-likeness (QED) is 0.760. The summed E-state index contributed by atoms with van der Waals surface area (Å²) >= 11 is 0. The van der Waals surface area contributed by atoms with Gasteiger partial charge in [0.1, 0.15) is 5.69 Å². The van der Waals surface area contributed by atoms with Crippen LogP contribution in [-0.4, -0.2) is 26.9 Å². The number of hydrogen-bond donors (Lipinski definition) is 2. The molecule has 6 heteroatoms. The minimum atomic E-state index is 0.241. The van der Waals surface area contributed by atoms with Gasteiger partial charge in [0.15, 0.2) is 5.82 Å². The molecule has 2 aromatic rings. The normalized spacial score (nSPS) is 20.9. The molecule has 0 spiro atoms. The Morgan fingerprint density at radius 3 is 3.20 bits per heavy atom. The van der Waals surface area contributed by atoms with E-state index >= 15 is 0 Å². The van der Waals surface area contributed by atoms with E-state index in [2.05, 4.69) is 25.7 Å². The summed E-state index contributed by atoms with van der Waals surface area (Å²) in [6, 6.07) is 2.05. The lowest BCUT2D eigenvalue weighted by Gasteiger charge is -2.01. The minimum Gasteiger partial charge on any atom is -0.332 e. The molecule has 0 radical (unpaired) electrons. The summed E-state index contributed by atoms with van der Waals surface area (Å²) in [5.41, 5.74) is 0.756. The van der Waals surface area contributed by atoms with Crippen LogP contribution in [0.15, 0.2) is 16.8 Å². The van der Waals surface area contributed by atoms with Gasteiger partial charge in [0.05, 0.1) is 6.04 Å². The van der Waals surface area contributed by atoms with Crippen LogP contribution in [0.25, 0.3) is 11.6 Å². The van der Waals surface area contributed by atoms with Crippen LogP contribution in [0.2, 0.25) is 0 Å². The summed E-state index contributed by atoms with van der Waals surface area (Å²) in [5, 5.41) is 13.9. The van der Waals surface area contributed by atoms with E-state index in [0.29, 0.717) is 5.89 Å². The summed E-state index contributed by atoms with van der Waals surface area (Å²) in [6.07, 6.45) is 3.90. The van der Waals surface area contributed by atoms with E-state index in [1.807, 2.05) is 0 Å². The second-order valence-electron chi connectivity index (χ2n) is 3.58. The molecule has 1 atom stereocenters. The molecule has 0 bridgehead atoms. The molecule has 0 aromatic carbocycles. The molecule has 0 aliphatic carbocycles. The average molecular weight is 205 g/mol. The van der Waals surface area contributed by atoms with Crippen molar-refractivity contribution in [3.05, 3.63) is 18.1 Å². The van der Waals surface area contributed by atoms with Crippen LogP contribution in [0.5, 0.6) is 0 Å². The van der Waals surface area contributed by atoms with E-state index in [0.717, 1.165) is 24.5 Å². The van der Waals surface area contributed by atoms with Crippen LogP contribution >= 0.6 is 0 Å². The Bertz CT molecular complexity index is 429. The van der Waals surface area contributed by atoms with Crippen molar-refractivity contribution in [2.24, 2.45) is 0 Å².